The fourth-order valence-corrected chi connectivity index (χ4v) is 5.32. The molecule has 11 nitrogen and oxygen atoms in total. The highest BCUT2D eigenvalue weighted by Crippen LogP contribution is 2.22. The fraction of sp³-hybridized carbons (Fsp3) is 0.552. The molecule has 11 heteroatoms. The van der Waals surface area contributed by atoms with Crippen LogP contribution in [0.4, 0.5) is 10.6 Å². The van der Waals surface area contributed by atoms with Crippen molar-refractivity contribution in [1.82, 2.24) is 19.4 Å². The maximum atomic E-state index is 12.8. The average Bonchev–Trinajstić information content (AvgIpc) is 3.32. The van der Waals surface area contributed by atoms with Gasteiger partial charge < -0.3 is 21.3 Å². The maximum Gasteiger partial charge on any atom is 0.354 e. The van der Waals surface area contributed by atoms with Crippen LogP contribution in [0.15, 0.2) is 41.3 Å². The largest absolute Gasteiger partial charge is 0.354 e. The van der Waals surface area contributed by atoms with E-state index in [1.807, 2.05) is 24.3 Å². The molecule has 4 rings (SSSR count). The van der Waals surface area contributed by atoms with Gasteiger partial charge in [0, 0.05) is 50.8 Å². The van der Waals surface area contributed by atoms with E-state index in [4.69, 9.17) is 11.5 Å². The van der Waals surface area contributed by atoms with Gasteiger partial charge in [-0.2, -0.15) is 4.98 Å². The molecular weight excluding hydrogens is 508 g/mol. The van der Waals surface area contributed by atoms with E-state index in [2.05, 4.69) is 35.1 Å². The first-order valence-corrected chi connectivity index (χ1v) is 14.1. The van der Waals surface area contributed by atoms with Crippen molar-refractivity contribution in [1.29, 1.82) is 0 Å². The number of rotatable bonds is 7. The summed E-state index contributed by atoms with van der Waals surface area (Å²) in [5, 5.41) is 2.69. The molecule has 1 saturated carbocycles. The summed E-state index contributed by atoms with van der Waals surface area (Å²) in [6, 6.07) is 9.79. The lowest BCUT2D eigenvalue weighted by Gasteiger charge is -2.37. The quantitative estimate of drug-likeness (QED) is 0.351. The number of hydrogen-bond acceptors (Lipinski definition) is 6. The van der Waals surface area contributed by atoms with Crippen molar-refractivity contribution in [2.24, 2.45) is 17.4 Å². The van der Waals surface area contributed by atoms with Crippen molar-refractivity contribution in [2.75, 3.05) is 38.5 Å². The summed E-state index contributed by atoms with van der Waals surface area (Å²) < 4.78 is 3.74. The molecule has 40 heavy (non-hydrogen) atoms. The Morgan fingerprint density at radius 2 is 1.77 bits per heavy atom. The Kier molecular flexibility index (Phi) is 9.05. The monoisotopic (exact) mass is 551 g/mol. The number of urea groups is 1. The summed E-state index contributed by atoms with van der Waals surface area (Å²) in [5.41, 5.74) is 12.4. The minimum atomic E-state index is -0.948. The van der Waals surface area contributed by atoms with Gasteiger partial charge in [0.1, 0.15) is 19.1 Å². The van der Waals surface area contributed by atoms with Crippen LogP contribution in [0, 0.1) is 5.92 Å². The SMILES string of the molecule is CC(Cc1ccc(-n2ccc(NC(=O)N3CCN(C(=O)C(C)(C)N)CC3)nc2=O)cc1)[N+](C)=CC1CCC(N)C1. The summed E-state index contributed by atoms with van der Waals surface area (Å²) in [5.74, 6) is 0.596. The molecule has 1 aromatic heterocycles. The molecule has 2 aliphatic rings. The number of carbonyl (C=O) groups is 2. The average molecular weight is 552 g/mol. The van der Waals surface area contributed by atoms with E-state index in [0.717, 1.165) is 25.7 Å². The Labute approximate surface area is 235 Å². The Hall–Kier alpha value is -3.57. The fourth-order valence-electron chi connectivity index (χ4n) is 5.32. The minimum absolute atomic E-state index is 0.142. The molecule has 0 spiro atoms. The van der Waals surface area contributed by atoms with Gasteiger partial charge in [-0.1, -0.05) is 12.1 Å². The lowest BCUT2D eigenvalue weighted by molar-refractivity contribution is -0.531. The number of aromatic nitrogens is 2. The zero-order valence-electron chi connectivity index (χ0n) is 24.0. The number of nitrogens with one attached hydrogen (secondary N) is 1. The maximum absolute atomic E-state index is 12.8. The van der Waals surface area contributed by atoms with Gasteiger partial charge in [0.2, 0.25) is 5.91 Å². The smallest absolute Gasteiger partial charge is 0.338 e. The summed E-state index contributed by atoms with van der Waals surface area (Å²) in [6.45, 7) is 7.10. The van der Waals surface area contributed by atoms with Crippen LogP contribution in [-0.4, -0.2) is 92.9 Å². The molecule has 3 amide bonds. The summed E-state index contributed by atoms with van der Waals surface area (Å²) >= 11 is 0. The van der Waals surface area contributed by atoms with Crippen LogP contribution < -0.4 is 22.5 Å². The Morgan fingerprint density at radius 1 is 1.12 bits per heavy atom. The van der Waals surface area contributed by atoms with Gasteiger partial charge in [0.25, 0.3) is 0 Å². The van der Waals surface area contributed by atoms with Crippen molar-refractivity contribution in [3.05, 3.63) is 52.6 Å². The molecule has 1 saturated heterocycles. The van der Waals surface area contributed by atoms with Gasteiger partial charge in [0.15, 0.2) is 6.04 Å². The van der Waals surface area contributed by atoms with Crippen molar-refractivity contribution in [3.8, 4) is 5.69 Å². The first-order chi connectivity index (χ1) is 18.9. The number of carbonyl (C=O) groups excluding carboxylic acids is 2. The summed E-state index contributed by atoms with van der Waals surface area (Å²) in [4.78, 5) is 45.2. The molecule has 3 unspecified atom stereocenters. The van der Waals surface area contributed by atoms with E-state index in [1.165, 1.54) is 10.1 Å². The van der Waals surface area contributed by atoms with Gasteiger partial charge in [0.05, 0.1) is 11.2 Å². The van der Waals surface area contributed by atoms with E-state index in [1.54, 1.807) is 35.9 Å². The van der Waals surface area contributed by atoms with Gasteiger partial charge in [-0.15, -0.1) is 0 Å². The molecule has 2 heterocycles. The van der Waals surface area contributed by atoms with Crippen molar-refractivity contribution in [2.45, 2.75) is 64.1 Å². The van der Waals surface area contributed by atoms with Crippen LogP contribution in [-0.2, 0) is 11.2 Å². The standard InChI is InChI=1S/C29H42N8O3/c1-20(34(4)19-22-5-8-23(30)18-22)17-21-6-9-24(10-7-21)37-12-11-25(33-28(37)40)32-27(39)36-15-13-35(14-16-36)26(38)29(2,3)31/h6-7,9-12,19-20,22-23H,5,8,13-18,30-31H2,1-4H3/p+1. The van der Waals surface area contributed by atoms with Crippen LogP contribution in [0.25, 0.3) is 5.69 Å². The van der Waals surface area contributed by atoms with Gasteiger partial charge in [-0.05, 0) is 63.8 Å². The number of amides is 3. The molecule has 0 bridgehead atoms. The second-order valence-corrected chi connectivity index (χ2v) is 11.8. The Morgan fingerprint density at radius 3 is 2.35 bits per heavy atom. The second-order valence-electron chi connectivity index (χ2n) is 11.8. The van der Waals surface area contributed by atoms with E-state index >= 15 is 0 Å². The van der Waals surface area contributed by atoms with Crippen LogP contribution >= 0.6 is 0 Å². The number of nitrogens with two attached hydrogens (primary N) is 2. The number of nitrogens with zero attached hydrogens (tertiary/aromatic N) is 5. The molecule has 2 fully saturated rings. The molecule has 0 radical (unpaired) electrons. The number of hydrogen-bond donors (Lipinski definition) is 3. The molecule has 216 valence electrons. The first-order valence-electron chi connectivity index (χ1n) is 14.1. The van der Waals surface area contributed by atoms with Crippen LogP contribution in [0.5, 0.6) is 0 Å². The van der Waals surface area contributed by atoms with Crippen molar-refractivity contribution >= 4 is 24.0 Å². The third-order valence-corrected chi connectivity index (χ3v) is 7.84. The van der Waals surface area contributed by atoms with Crippen LogP contribution in [0.1, 0.15) is 45.6 Å². The van der Waals surface area contributed by atoms with E-state index in [0.29, 0.717) is 49.9 Å². The molecule has 3 atom stereocenters. The van der Waals surface area contributed by atoms with E-state index < -0.39 is 11.2 Å². The minimum Gasteiger partial charge on any atom is -0.338 e. The van der Waals surface area contributed by atoms with E-state index in [9.17, 15) is 14.4 Å². The normalized spacial score (nSPS) is 20.9. The summed E-state index contributed by atoms with van der Waals surface area (Å²) in [6.07, 6.45) is 8.13. The molecule has 1 aliphatic heterocycles. The molecule has 1 aliphatic carbocycles. The highest BCUT2D eigenvalue weighted by atomic mass is 16.2. The summed E-state index contributed by atoms with van der Waals surface area (Å²) in [7, 11) is 2.12. The lowest BCUT2D eigenvalue weighted by atomic mass is 10.1. The topological polar surface area (TPSA) is 143 Å². The zero-order chi connectivity index (χ0) is 29.0. The van der Waals surface area contributed by atoms with Gasteiger partial charge in [-0.25, -0.2) is 14.2 Å². The molecule has 2 aromatic rings. The van der Waals surface area contributed by atoms with Crippen LogP contribution in [0.2, 0.25) is 0 Å². The first kappa shape index (κ1) is 29.4. The Balaban J connectivity index is 1.32. The van der Waals surface area contributed by atoms with Gasteiger partial charge >= 0.3 is 11.7 Å². The molecule has 5 N–H and O–H groups in total. The second kappa shape index (κ2) is 12.3. The number of likely N-dealkylation sites (N-methyl/N-ethyl adjacent to an activating group) is 1. The van der Waals surface area contributed by atoms with Crippen molar-refractivity contribution in [3.63, 3.8) is 0 Å². The number of benzene rings is 1. The zero-order valence-corrected chi connectivity index (χ0v) is 24.0. The highest BCUT2D eigenvalue weighted by molar-refractivity contribution is 5.89. The molecule has 1 aromatic carbocycles. The van der Waals surface area contributed by atoms with E-state index in [-0.39, 0.29) is 17.8 Å². The highest BCUT2D eigenvalue weighted by Gasteiger charge is 2.31. The Bertz CT molecular complexity index is 1290. The number of piperazine rings is 1. The van der Waals surface area contributed by atoms with Crippen molar-refractivity contribution < 1.29 is 14.2 Å². The predicted molar refractivity (Wildman–Crippen MR) is 156 cm³/mol. The van der Waals surface area contributed by atoms with Gasteiger partial charge in [-0.3, -0.25) is 14.7 Å². The third-order valence-electron chi connectivity index (χ3n) is 7.84. The molecular formula is C29H43N8O3+. The van der Waals surface area contributed by atoms with Crippen LogP contribution in [0.3, 0.4) is 0 Å². The number of anilines is 1. The lowest BCUT2D eigenvalue weighted by Crippen LogP contribution is -2.58. The third kappa shape index (κ3) is 7.33. The predicted octanol–water partition coefficient (Wildman–Crippen LogP) is 1.42.